The number of carboxylic acid groups (broad SMARTS) is 1. The van der Waals surface area contributed by atoms with Gasteiger partial charge in [-0.05, 0) is 19.8 Å². The lowest BCUT2D eigenvalue weighted by Crippen LogP contribution is -2.42. The number of nitrogens with one attached hydrogen (secondary N) is 1. The third-order valence-corrected chi connectivity index (χ3v) is 2.81. The standard InChI is InChI=1S/C10H18N2O3/c1-3-7(2)11-10(15)12-5-4-8(6-12)9(13)14/h7-8H,3-6H2,1-2H3,(H,11,15)(H,13,14). The number of urea groups is 1. The normalized spacial score (nSPS) is 22.5. The molecule has 0 aromatic heterocycles. The van der Waals surface area contributed by atoms with Crippen molar-refractivity contribution in [3.8, 4) is 0 Å². The van der Waals surface area contributed by atoms with Crippen molar-refractivity contribution in [3.63, 3.8) is 0 Å². The van der Waals surface area contributed by atoms with Crippen LogP contribution in [0.2, 0.25) is 0 Å². The van der Waals surface area contributed by atoms with Gasteiger partial charge in [0.05, 0.1) is 5.92 Å². The third kappa shape index (κ3) is 3.11. The number of hydrogen-bond donors (Lipinski definition) is 2. The van der Waals surface area contributed by atoms with E-state index in [-0.39, 0.29) is 12.1 Å². The average Bonchev–Trinajstić information content (AvgIpc) is 2.66. The van der Waals surface area contributed by atoms with Gasteiger partial charge in [-0.3, -0.25) is 4.79 Å². The molecule has 5 heteroatoms. The molecule has 1 rings (SSSR count). The Morgan fingerprint density at radius 3 is 2.73 bits per heavy atom. The van der Waals surface area contributed by atoms with Gasteiger partial charge in [-0.25, -0.2) is 4.79 Å². The van der Waals surface area contributed by atoms with E-state index in [2.05, 4.69) is 5.32 Å². The van der Waals surface area contributed by atoms with Crippen molar-refractivity contribution >= 4 is 12.0 Å². The van der Waals surface area contributed by atoms with Gasteiger partial charge in [0.1, 0.15) is 0 Å². The molecule has 1 saturated heterocycles. The zero-order valence-electron chi connectivity index (χ0n) is 9.19. The summed E-state index contributed by atoms with van der Waals surface area (Å²) in [4.78, 5) is 23.9. The summed E-state index contributed by atoms with van der Waals surface area (Å²) in [6.07, 6.45) is 1.44. The number of aliphatic carboxylic acids is 1. The molecule has 1 fully saturated rings. The number of nitrogens with zero attached hydrogens (tertiary/aromatic N) is 1. The van der Waals surface area contributed by atoms with Crippen LogP contribution in [0.15, 0.2) is 0 Å². The summed E-state index contributed by atoms with van der Waals surface area (Å²) < 4.78 is 0. The molecule has 0 aliphatic carbocycles. The fraction of sp³-hybridized carbons (Fsp3) is 0.800. The first-order chi connectivity index (χ1) is 7.04. The van der Waals surface area contributed by atoms with Gasteiger partial charge in [-0.2, -0.15) is 0 Å². The molecule has 0 aromatic rings. The molecule has 0 radical (unpaired) electrons. The highest BCUT2D eigenvalue weighted by molar-refractivity contribution is 5.77. The molecule has 2 unspecified atom stereocenters. The fourth-order valence-corrected chi connectivity index (χ4v) is 1.55. The van der Waals surface area contributed by atoms with Crippen molar-refractivity contribution in [1.29, 1.82) is 0 Å². The first-order valence-electron chi connectivity index (χ1n) is 5.32. The van der Waals surface area contributed by atoms with Crippen molar-refractivity contribution in [2.75, 3.05) is 13.1 Å². The minimum absolute atomic E-state index is 0.140. The van der Waals surface area contributed by atoms with Crippen LogP contribution in [0.4, 0.5) is 4.79 Å². The summed E-state index contributed by atoms with van der Waals surface area (Å²) in [6, 6.07) is -0.00511. The number of carbonyl (C=O) groups is 2. The van der Waals surface area contributed by atoms with E-state index in [1.807, 2.05) is 13.8 Å². The van der Waals surface area contributed by atoms with E-state index < -0.39 is 11.9 Å². The molecule has 0 saturated carbocycles. The van der Waals surface area contributed by atoms with Crippen molar-refractivity contribution in [2.24, 2.45) is 5.92 Å². The van der Waals surface area contributed by atoms with Crippen LogP contribution in [0.1, 0.15) is 26.7 Å². The van der Waals surface area contributed by atoms with E-state index in [0.717, 1.165) is 6.42 Å². The Kier molecular flexibility index (Phi) is 3.94. The first kappa shape index (κ1) is 11.8. The second kappa shape index (κ2) is 5.00. The quantitative estimate of drug-likeness (QED) is 0.733. The third-order valence-electron chi connectivity index (χ3n) is 2.81. The van der Waals surface area contributed by atoms with Crippen LogP contribution >= 0.6 is 0 Å². The molecule has 5 nitrogen and oxygen atoms in total. The maximum Gasteiger partial charge on any atom is 0.317 e. The monoisotopic (exact) mass is 214 g/mol. The fourth-order valence-electron chi connectivity index (χ4n) is 1.55. The molecule has 0 spiro atoms. The van der Waals surface area contributed by atoms with Gasteiger partial charge in [0, 0.05) is 19.1 Å². The molecule has 1 heterocycles. The summed E-state index contributed by atoms with van der Waals surface area (Å²) >= 11 is 0. The molecular formula is C10H18N2O3. The Bertz CT molecular complexity index is 255. The molecule has 2 atom stereocenters. The Labute approximate surface area is 89.4 Å². The maximum atomic E-state index is 11.6. The van der Waals surface area contributed by atoms with Gasteiger partial charge in [0.15, 0.2) is 0 Å². The van der Waals surface area contributed by atoms with Crippen LogP contribution < -0.4 is 5.32 Å². The van der Waals surface area contributed by atoms with E-state index >= 15 is 0 Å². The van der Waals surface area contributed by atoms with E-state index in [9.17, 15) is 9.59 Å². The first-order valence-corrected chi connectivity index (χ1v) is 5.32. The Hall–Kier alpha value is -1.26. The molecular weight excluding hydrogens is 196 g/mol. The van der Waals surface area contributed by atoms with Crippen LogP contribution in [-0.4, -0.2) is 41.1 Å². The van der Waals surface area contributed by atoms with Gasteiger partial charge in [-0.1, -0.05) is 6.92 Å². The van der Waals surface area contributed by atoms with E-state index in [4.69, 9.17) is 5.11 Å². The highest BCUT2D eigenvalue weighted by atomic mass is 16.4. The molecule has 2 N–H and O–H groups in total. The minimum atomic E-state index is -0.811. The van der Waals surface area contributed by atoms with Gasteiger partial charge < -0.3 is 15.3 Å². The number of carboxylic acids is 1. The number of likely N-dealkylation sites (tertiary alicyclic amines) is 1. The number of carbonyl (C=O) groups excluding carboxylic acids is 1. The molecule has 86 valence electrons. The van der Waals surface area contributed by atoms with Gasteiger partial charge in [0.25, 0.3) is 0 Å². The molecule has 1 aliphatic heterocycles. The van der Waals surface area contributed by atoms with Crippen molar-refractivity contribution in [2.45, 2.75) is 32.7 Å². The Morgan fingerprint density at radius 1 is 1.60 bits per heavy atom. The van der Waals surface area contributed by atoms with Crippen LogP contribution in [-0.2, 0) is 4.79 Å². The number of amides is 2. The van der Waals surface area contributed by atoms with Crippen LogP contribution in [0.3, 0.4) is 0 Å². The Balaban J connectivity index is 2.40. The summed E-state index contributed by atoms with van der Waals surface area (Å²) in [5.74, 6) is -1.21. The molecule has 1 aliphatic rings. The number of hydrogen-bond acceptors (Lipinski definition) is 2. The zero-order valence-corrected chi connectivity index (χ0v) is 9.19. The summed E-state index contributed by atoms with van der Waals surface area (Å²) in [6.45, 7) is 4.80. The van der Waals surface area contributed by atoms with Gasteiger partial charge >= 0.3 is 12.0 Å². The predicted molar refractivity (Wildman–Crippen MR) is 55.6 cm³/mol. The molecule has 15 heavy (non-hydrogen) atoms. The maximum absolute atomic E-state index is 11.6. The van der Waals surface area contributed by atoms with Crippen molar-refractivity contribution in [3.05, 3.63) is 0 Å². The topological polar surface area (TPSA) is 69.6 Å². The zero-order chi connectivity index (χ0) is 11.4. The van der Waals surface area contributed by atoms with Gasteiger partial charge in [-0.15, -0.1) is 0 Å². The van der Waals surface area contributed by atoms with Crippen LogP contribution in [0.5, 0.6) is 0 Å². The molecule has 0 aromatic carbocycles. The van der Waals surface area contributed by atoms with Crippen molar-refractivity contribution < 1.29 is 14.7 Å². The largest absolute Gasteiger partial charge is 0.481 e. The van der Waals surface area contributed by atoms with E-state index in [1.165, 1.54) is 0 Å². The molecule has 0 bridgehead atoms. The van der Waals surface area contributed by atoms with Crippen LogP contribution in [0.25, 0.3) is 0 Å². The summed E-state index contributed by atoms with van der Waals surface area (Å²) in [5, 5.41) is 11.6. The summed E-state index contributed by atoms with van der Waals surface area (Å²) in [7, 11) is 0. The summed E-state index contributed by atoms with van der Waals surface area (Å²) in [5.41, 5.74) is 0. The lowest BCUT2D eigenvalue weighted by atomic mass is 10.1. The van der Waals surface area contributed by atoms with E-state index in [0.29, 0.717) is 19.5 Å². The molecule has 2 amide bonds. The lowest BCUT2D eigenvalue weighted by molar-refractivity contribution is -0.141. The van der Waals surface area contributed by atoms with E-state index in [1.54, 1.807) is 4.90 Å². The SMILES string of the molecule is CCC(C)NC(=O)N1CCC(C(=O)O)C1. The number of rotatable bonds is 3. The lowest BCUT2D eigenvalue weighted by Gasteiger charge is -2.19. The highest BCUT2D eigenvalue weighted by Gasteiger charge is 2.30. The predicted octanol–water partition coefficient (Wildman–Crippen LogP) is 0.901. The minimum Gasteiger partial charge on any atom is -0.481 e. The van der Waals surface area contributed by atoms with Gasteiger partial charge in [0.2, 0.25) is 0 Å². The Morgan fingerprint density at radius 2 is 2.27 bits per heavy atom. The second-order valence-electron chi connectivity index (χ2n) is 4.03. The van der Waals surface area contributed by atoms with Crippen LogP contribution in [0, 0.1) is 5.92 Å². The highest BCUT2D eigenvalue weighted by Crippen LogP contribution is 2.16. The van der Waals surface area contributed by atoms with Crippen molar-refractivity contribution in [1.82, 2.24) is 10.2 Å². The average molecular weight is 214 g/mol. The second-order valence-corrected chi connectivity index (χ2v) is 4.03. The smallest absolute Gasteiger partial charge is 0.317 e.